The molecule has 0 aliphatic carbocycles. The third-order valence-electron chi connectivity index (χ3n) is 4.25. The maximum Gasteiger partial charge on any atom is 0.240 e. The summed E-state index contributed by atoms with van der Waals surface area (Å²) in [5.41, 5.74) is 0. The first kappa shape index (κ1) is 18.0. The third kappa shape index (κ3) is 4.23. The molecule has 2 fully saturated rings. The number of sulfonamides is 1. The molecule has 3 rings (SSSR count). The number of amides is 1. The van der Waals surface area contributed by atoms with Crippen molar-refractivity contribution in [1.29, 1.82) is 0 Å². The highest BCUT2D eigenvalue weighted by Gasteiger charge is 2.33. The lowest BCUT2D eigenvalue weighted by Crippen LogP contribution is -2.42. The predicted octanol–water partition coefficient (Wildman–Crippen LogP) is 1.13. The van der Waals surface area contributed by atoms with Crippen LogP contribution in [0.1, 0.15) is 6.42 Å². The van der Waals surface area contributed by atoms with Crippen molar-refractivity contribution in [1.82, 2.24) is 14.9 Å². The fourth-order valence-corrected chi connectivity index (χ4v) is 5.28. The molecule has 2 atom stereocenters. The van der Waals surface area contributed by atoms with E-state index < -0.39 is 10.0 Å². The Balaban J connectivity index is 1.53. The number of nitrogens with zero attached hydrogens (tertiary/aromatic N) is 1. The highest BCUT2D eigenvalue weighted by atomic mass is 35.5. The molecule has 0 aromatic heterocycles. The summed E-state index contributed by atoms with van der Waals surface area (Å²) < 4.78 is 27.2. The number of carbonyl (C=O) groups excluding carboxylic acids is 1. The lowest BCUT2D eigenvalue weighted by atomic mass is 10.1. The lowest BCUT2D eigenvalue weighted by Gasteiger charge is -2.19. The number of benzene rings is 1. The summed E-state index contributed by atoms with van der Waals surface area (Å²) in [7, 11) is -3.58. The molecular formula is C15H20ClN3O3S2. The summed E-state index contributed by atoms with van der Waals surface area (Å²) >= 11 is 7.61. The number of hydrogen-bond donors (Lipinski definition) is 2. The van der Waals surface area contributed by atoms with Crippen molar-refractivity contribution < 1.29 is 13.2 Å². The summed E-state index contributed by atoms with van der Waals surface area (Å²) in [6.07, 6.45) is 0.651. The van der Waals surface area contributed by atoms with Crippen LogP contribution < -0.4 is 10.0 Å². The Morgan fingerprint density at radius 3 is 3.00 bits per heavy atom. The van der Waals surface area contributed by atoms with Gasteiger partial charge in [0.05, 0.1) is 16.8 Å². The number of thioether (sulfide) groups is 1. The second kappa shape index (κ2) is 7.61. The van der Waals surface area contributed by atoms with E-state index in [4.69, 9.17) is 11.6 Å². The molecule has 2 heterocycles. The van der Waals surface area contributed by atoms with Crippen molar-refractivity contribution in [2.45, 2.75) is 17.4 Å². The Kier molecular flexibility index (Phi) is 5.71. The molecule has 1 amide bonds. The minimum Gasteiger partial charge on any atom is -0.331 e. The van der Waals surface area contributed by atoms with Crippen molar-refractivity contribution in [3.63, 3.8) is 0 Å². The smallest absolute Gasteiger partial charge is 0.240 e. The number of nitrogens with one attached hydrogen (secondary N) is 2. The molecule has 0 saturated carbocycles. The topological polar surface area (TPSA) is 78.5 Å². The van der Waals surface area contributed by atoms with E-state index in [0.717, 1.165) is 18.2 Å². The van der Waals surface area contributed by atoms with E-state index in [1.54, 1.807) is 23.9 Å². The van der Waals surface area contributed by atoms with Gasteiger partial charge >= 0.3 is 0 Å². The molecule has 0 bridgehead atoms. The maximum atomic E-state index is 12.4. The number of halogens is 1. The molecule has 6 nitrogen and oxygen atoms in total. The van der Waals surface area contributed by atoms with Gasteiger partial charge in [0.2, 0.25) is 15.9 Å². The molecule has 0 radical (unpaired) electrons. The van der Waals surface area contributed by atoms with E-state index in [-0.39, 0.29) is 22.8 Å². The minimum absolute atomic E-state index is 0.100. The molecule has 9 heteroatoms. The monoisotopic (exact) mass is 389 g/mol. The summed E-state index contributed by atoms with van der Waals surface area (Å²) in [5, 5.41) is 3.60. The lowest BCUT2D eigenvalue weighted by molar-refractivity contribution is -0.131. The second-order valence-corrected chi connectivity index (χ2v) is 9.29. The molecule has 1 aromatic rings. The summed E-state index contributed by atoms with van der Waals surface area (Å²) in [4.78, 5) is 14.4. The van der Waals surface area contributed by atoms with Crippen LogP contribution in [-0.2, 0) is 14.8 Å². The van der Waals surface area contributed by atoms with Crippen LogP contribution in [0.25, 0.3) is 0 Å². The first-order valence-electron chi connectivity index (χ1n) is 7.81. The Labute approximate surface area is 151 Å². The Hall–Kier alpha value is -0.800. The van der Waals surface area contributed by atoms with Crippen LogP contribution in [0.3, 0.4) is 0 Å². The first-order valence-corrected chi connectivity index (χ1v) is 10.8. The zero-order valence-electron chi connectivity index (χ0n) is 13.1. The van der Waals surface area contributed by atoms with Gasteiger partial charge in [0.25, 0.3) is 0 Å². The van der Waals surface area contributed by atoms with Crippen molar-refractivity contribution in [3.05, 3.63) is 29.3 Å². The van der Waals surface area contributed by atoms with Crippen LogP contribution in [0.15, 0.2) is 29.2 Å². The van der Waals surface area contributed by atoms with Gasteiger partial charge in [-0.25, -0.2) is 13.1 Å². The number of rotatable bonds is 5. The van der Waals surface area contributed by atoms with E-state index >= 15 is 0 Å². The first-order chi connectivity index (χ1) is 11.5. The Morgan fingerprint density at radius 2 is 2.29 bits per heavy atom. The predicted molar refractivity (Wildman–Crippen MR) is 95.6 cm³/mol. The standard InChI is InChI=1S/C15H20ClN3O3S2/c16-12-2-1-3-13(7-12)24(21,22)18-9-11-6-14(17-8-11)15(20)19-4-5-23-10-19/h1-3,7,11,14,17-18H,4-6,8-10H2/t11-,14-/m0/s1. The van der Waals surface area contributed by atoms with E-state index in [0.29, 0.717) is 24.5 Å². The molecule has 132 valence electrons. The van der Waals surface area contributed by atoms with Crippen molar-refractivity contribution in [3.8, 4) is 0 Å². The summed E-state index contributed by atoms with van der Waals surface area (Å²) in [5.74, 6) is 1.97. The van der Waals surface area contributed by atoms with Gasteiger partial charge in [0.1, 0.15) is 0 Å². The normalized spacial score (nSPS) is 24.5. The number of hydrogen-bond acceptors (Lipinski definition) is 5. The maximum absolute atomic E-state index is 12.4. The summed E-state index contributed by atoms with van der Waals surface area (Å²) in [6, 6.07) is 5.97. The van der Waals surface area contributed by atoms with Crippen LogP contribution in [-0.4, -0.2) is 56.5 Å². The number of carbonyl (C=O) groups is 1. The van der Waals surface area contributed by atoms with Crippen LogP contribution in [0, 0.1) is 5.92 Å². The molecule has 2 aliphatic rings. The Bertz CT molecular complexity index is 708. The SMILES string of the molecule is O=C([C@@H]1C[C@H](CNS(=O)(=O)c2cccc(Cl)c2)CN1)N1CCSC1. The van der Waals surface area contributed by atoms with Gasteiger partial charge in [-0.2, -0.15) is 0 Å². The molecule has 2 N–H and O–H groups in total. The molecule has 0 unspecified atom stereocenters. The molecular weight excluding hydrogens is 370 g/mol. The van der Waals surface area contributed by atoms with E-state index in [2.05, 4.69) is 10.0 Å². The molecule has 2 saturated heterocycles. The van der Waals surface area contributed by atoms with Gasteiger partial charge < -0.3 is 10.2 Å². The highest BCUT2D eigenvalue weighted by Crippen LogP contribution is 2.21. The minimum atomic E-state index is -3.58. The van der Waals surface area contributed by atoms with Crippen LogP contribution in [0.2, 0.25) is 5.02 Å². The fraction of sp³-hybridized carbons (Fsp3) is 0.533. The quantitative estimate of drug-likeness (QED) is 0.789. The molecule has 24 heavy (non-hydrogen) atoms. The van der Waals surface area contributed by atoms with Crippen molar-refractivity contribution in [2.24, 2.45) is 5.92 Å². The van der Waals surface area contributed by atoms with Gasteiger partial charge in [0.15, 0.2) is 0 Å². The van der Waals surface area contributed by atoms with Crippen LogP contribution in [0.4, 0.5) is 0 Å². The zero-order chi connectivity index (χ0) is 17.2. The van der Waals surface area contributed by atoms with Crippen molar-refractivity contribution in [2.75, 3.05) is 31.3 Å². The zero-order valence-corrected chi connectivity index (χ0v) is 15.5. The van der Waals surface area contributed by atoms with Gasteiger partial charge in [-0.05, 0) is 30.5 Å². The van der Waals surface area contributed by atoms with Crippen LogP contribution >= 0.6 is 23.4 Å². The van der Waals surface area contributed by atoms with E-state index in [1.807, 2.05) is 4.90 Å². The van der Waals surface area contributed by atoms with E-state index in [1.165, 1.54) is 12.1 Å². The van der Waals surface area contributed by atoms with Crippen LogP contribution in [0.5, 0.6) is 0 Å². The molecule has 0 spiro atoms. The largest absolute Gasteiger partial charge is 0.331 e. The van der Waals surface area contributed by atoms with E-state index in [9.17, 15) is 13.2 Å². The van der Waals surface area contributed by atoms with Gasteiger partial charge in [-0.3, -0.25) is 4.79 Å². The second-order valence-electron chi connectivity index (χ2n) is 6.01. The molecule has 2 aliphatic heterocycles. The summed E-state index contributed by atoms with van der Waals surface area (Å²) in [6.45, 7) is 1.74. The van der Waals surface area contributed by atoms with Gasteiger partial charge in [-0.1, -0.05) is 17.7 Å². The Morgan fingerprint density at radius 1 is 1.46 bits per heavy atom. The average molecular weight is 390 g/mol. The average Bonchev–Trinajstić information content (AvgIpc) is 3.24. The van der Waals surface area contributed by atoms with Gasteiger partial charge in [0, 0.05) is 30.4 Å². The third-order valence-corrected chi connectivity index (χ3v) is 6.87. The van der Waals surface area contributed by atoms with Gasteiger partial charge in [-0.15, -0.1) is 11.8 Å². The fourth-order valence-electron chi connectivity index (χ4n) is 2.91. The highest BCUT2D eigenvalue weighted by molar-refractivity contribution is 7.99. The molecule has 1 aromatic carbocycles. The van der Waals surface area contributed by atoms with Crippen molar-refractivity contribution >= 4 is 39.3 Å².